The SMILES string of the molecule is CCN1CCN([C@@H](C(=O)O)c2c[nH]c3ccc(NC(=O)/C=C/C(=O)O)cc23)CC1. The molecule has 0 aliphatic carbocycles. The van der Waals surface area contributed by atoms with Crippen LogP contribution >= 0.6 is 0 Å². The van der Waals surface area contributed by atoms with Gasteiger partial charge in [0.15, 0.2) is 0 Å². The smallest absolute Gasteiger partial charge is 0.328 e. The predicted molar refractivity (Wildman–Crippen MR) is 108 cm³/mol. The molecule has 1 aromatic carbocycles. The number of carboxylic acids is 2. The topological polar surface area (TPSA) is 126 Å². The number of likely N-dealkylation sites (N-methyl/N-ethyl adjacent to an activating group) is 1. The molecule has 9 nitrogen and oxygen atoms in total. The molecular weight excluding hydrogens is 376 g/mol. The van der Waals surface area contributed by atoms with Gasteiger partial charge in [0.1, 0.15) is 6.04 Å². The number of nitrogens with one attached hydrogen (secondary N) is 2. The Morgan fingerprint density at radius 2 is 1.90 bits per heavy atom. The molecule has 1 aliphatic rings. The van der Waals surface area contributed by atoms with E-state index in [9.17, 15) is 19.5 Å². The summed E-state index contributed by atoms with van der Waals surface area (Å²) in [7, 11) is 0. The van der Waals surface area contributed by atoms with Crippen molar-refractivity contribution in [3.63, 3.8) is 0 Å². The lowest BCUT2D eigenvalue weighted by molar-refractivity contribution is -0.144. The van der Waals surface area contributed by atoms with Gasteiger partial charge in [-0.1, -0.05) is 6.92 Å². The van der Waals surface area contributed by atoms with Crippen LogP contribution in [-0.4, -0.2) is 75.6 Å². The van der Waals surface area contributed by atoms with Gasteiger partial charge in [-0.25, -0.2) is 4.79 Å². The number of hydrogen-bond donors (Lipinski definition) is 4. The molecule has 0 unspecified atom stereocenters. The first-order valence-electron chi connectivity index (χ1n) is 9.41. The fraction of sp³-hybridized carbons (Fsp3) is 0.350. The van der Waals surface area contributed by atoms with Crippen molar-refractivity contribution < 1.29 is 24.6 Å². The summed E-state index contributed by atoms with van der Waals surface area (Å²) in [5.74, 6) is -2.71. The Kier molecular flexibility index (Phi) is 6.30. The maximum Gasteiger partial charge on any atom is 0.328 e. The third-order valence-corrected chi connectivity index (χ3v) is 5.11. The molecule has 9 heteroatoms. The largest absolute Gasteiger partial charge is 0.480 e. The fourth-order valence-corrected chi connectivity index (χ4v) is 3.60. The minimum Gasteiger partial charge on any atom is -0.480 e. The maximum absolute atomic E-state index is 12.1. The highest BCUT2D eigenvalue weighted by Crippen LogP contribution is 2.31. The van der Waals surface area contributed by atoms with Gasteiger partial charge in [-0.3, -0.25) is 14.5 Å². The minimum absolute atomic E-state index is 0.457. The van der Waals surface area contributed by atoms with Crippen LogP contribution in [0.4, 0.5) is 5.69 Å². The van der Waals surface area contributed by atoms with Crippen molar-refractivity contribution >= 4 is 34.4 Å². The number of rotatable bonds is 7. The highest BCUT2D eigenvalue weighted by molar-refractivity contribution is 6.03. The van der Waals surface area contributed by atoms with Gasteiger partial charge in [-0.05, 0) is 24.7 Å². The number of hydrogen-bond acceptors (Lipinski definition) is 5. The third kappa shape index (κ3) is 4.82. The molecule has 0 spiro atoms. The molecular formula is C20H24N4O5. The number of carboxylic acid groups (broad SMARTS) is 2. The highest BCUT2D eigenvalue weighted by Gasteiger charge is 2.31. The standard InChI is InChI=1S/C20H24N4O5/c1-2-23-7-9-24(10-8-23)19(20(28)29)15-12-21-16-4-3-13(11-14(15)16)22-17(25)5-6-18(26)27/h3-6,11-12,19,21H,2,7-10H2,1H3,(H,22,25)(H,26,27)(H,28,29)/b6-5+/t19-/m1/s1. The van der Waals surface area contributed by atoms with Gasteiger partial charge in [0.25, 0.3) is 0 Å². The summed E-state index contributed by atoms with van der Waals surface area (Å²) in [5, 5.41) is 21.8. The number of aromatic nitrogens is 1. The number of carbonyl (C=O) groups is 3. The summed E-state index contributed by atoms with van der Waals surface area (Å²) in [5.41, 5.74) is 1.85. The number of fused-ring (bicyclic) bond motifs is 1. The van der Waals surface area contributed by atoms with E-state index in [-0.39, 0.29) is 0 Å². The molecule has 29 heavy (non-hydrogen) atoms. The normalized spacial score (nSPS) is 16.9. The molecule has 0 bridgehead atoms. The van der Waals surface area contributed by atoms with E-state index >= 15 is 0 Å². The van der Waals surface area contributed by atoms with Crippen molar-refractivity contribution in [2.45, 2.75) is 13.0 Å². The van der Waals surface area contributed by atoms with Crippen molar-refractivity contribution in [3.8, 4) is 0 Å². The monoisotopic (exact) mass is 400 g/mol. The molecule has 2 aromatic rings. The van der Waals surface area contributed by atoms with Gasteiger partial charge >= 0.3 is 11.9 Å². The van der Waals surface area contributed by atoms with Gasteiger partial charge in [-0.15, -0.1) is 0 Å². The van der Waals surface area contributed by atoms with Crippen molar-refractivity contribution in [1.82, 2.24) is 14.8 Å². The number of aromatic amines is 1. The molecule has 2 heterocycles. The molecule has 4 N–H and O–H groups in total. The summed E-state index contributed by atoms with van der Waals surface area (Å²) in [6, 6.07) is 4.33. The fourth-order valence-electron chi connectivity index (χ4n) is 3.60. The van der Waals surface area contributed by atoms with Crippen LogP contribution in [0.25, 0.3) is 10.9 Å². The van der Waals surface area contributed by atoms with Gasteiger partial charge < -0.3 is 25.4 Å². The number of nitrogens with zero attached hydrogens (tertiary/aromatic N) is 2. The Hall–Kier alpha value is -3.17. The van der Waals surface area contributed by atoms with Crippen molar-refractivity contribution in [1.29, 1.82) is 0 Å². The highest BCUT2D eigenvalue weighted by atomic mass is 16.4. The van der Waals surface area contributed by atoms with Crippen molar-refractivity contribution in [2.75, 3.05) is 38.0 Å². The van der Waals surface area contributed by atoms with Gasteiger partial charge in [0.05, 0.1) is 0 Å². The lowest BCUT2D eigenvalue weighted by Gasteiger charge is -2.37. The average Bonchev–Trinajstić information content (AvgIpc) is 3.10. The van der Waals surface area contributed by atoms with E-state index in [1.807, 2.05) is 4.90 Å². The number of anilines is 1. The molecule has 0 saturated carbocycles. The number of amides is 1. The molecule has 3 rings (SSSR count). The molecule has 154 valence electrons. The van der Waals surface area contributed by atoms with E-state index < -0.39 is 23.9 Å². The van der Waals surface area contributed by atoms with E-state index in [1.165, 1.54) is 0 Å². The average molecular weight is 400 g/mol. The van der Waals surface area contributed by atoms with Crippen LogP contribution in [0, 0.1) is 0 Å². The summed E-state index contributed by atoms with van der Waals surface area (Å²) in [6.45, 7) is 5.99. The Bertz CT molecular complexity index is 943. The third-order valence-electron chi connectivity index (χ3n) is 5.11. The Morgan fingerprint density at radius 1 is 1.17 bits per heavy atom. The summed E-state index contributed by atoms with van der Waals surface area (Å²) in [4.78, 5) is 41.8. The first-order chi connectivity index (χ1) is 13.9. The van der Waals surface area contributed by atoms with Crippen molar-refractivity contribution in [3.05, 3.63) is 42.1 Å². The summed E-state index contributed by atoms with van der Waals surface area (Å²) < 4.78 is 0. The predicted octanol–water partition coefficient (Wildman–Crippen LogP) is 1.51. The molecule has 1 aromatic heterocycles. The van der Waals surface area contributed by atoms with Gasteiger partial charge in [-0.2, -0.15) is 0 Å². The Labute approximate surface area is 167 Å². The van der Waals surface area contributed by atoms with Crippen LogP contribution in [0.15, 0.2) is 36.5 Å². The summed E-state index contributed by atoms with van der Waals surface area (Å²) in [6.07, 6.45) is 3.38. The van der Waals surface area contributed by atoms with E-state index in [1.54, 1.807) is 24.4 Å². The lowest BCUT2D eigenvalue weighted by Crippen LogP contribution is -2.49. The second-order valence-corrected chi connectivity index (χ2v) is 6.88. The first kappa shape index (κ1) is 20.6. The van der Waals surface area contributed by atoms with Crippen LogP contribution in [0.1, 0.15) is 18.5 Å². The second-order valence-electron chi connectivity index (χ2n) is 6.88. The molecule has 1 atom stereocenters. The zero-order valence-electron chi connectivity index (χ0n) is 16.1. The number of benzene rings is 1. The van der Waals surface area contributed by atoms with Crippen LogP contribution in [0.5, 0.6) is 0 Å². The number of piperazine rings is 1. The van der Waals surface area contributed by atoms with Crippen LogP contribution in [0.3, 0.4) is 0 Å². The minimum atomic E-state index is -1.21. The van der Waals surface area contributed by atoms with E-state index in [0.29, 0.717) is 29.7 Å². The van der Waals surface area contributed by atoms with Crippen LogP contribution in [0.2, 0.25) is 0 Å². The Morgan fingerprint density at radius 3 is 2.52 bits per heavy atom. The Balaban J connectivity index is 1.87. The zero-order chi connectivity index (χ0) is 21.0. The molecule has 1 amide bonds. The number of aliphatic carboxylic acids is 2. The second kappa shape index (κ2) is 8.89. The summed E-state index contributed by atoms with van der Waals surface area (Å²) >= 11 is 0. The van der Waals surface area contributed by atoms with Gasteiger partial charge in [0, 0.05) is 66.7 Å². The van der Waals surface area contributed by atoms with E-state index in [4.69, 9.17) is 5.11 Å². The molecule has 0 radical (unpaired) electrons. The quantitative estimate of drug-likeness (QED) is 0.519. The zero-order valence-corrected chi connectivity index (χ0v) is 16.1. The van der Waals surface area contributed by atoms with Crippen molar-refractivity contribution in [2.24, 2.45) is 0 Å². The molecule has 1 fully saturated rings. The molecule has 1 aliphatic heterocycles. The lowest BCUT2D eigenvalue weighted by atomic mass is 10.0. The van der Waals surface area contributed by atoms with Crippen LogP contribution < -0.4 is 5.32 Å². The van der Waals surface area contributed by atoms with E-state index in [0.717, 1.165) is 37.3 Å². The molecule has 1 saturated heterocycles. The van der Waals surface area contributed by atoms with E-state index in [2.05, 4.69) is 22.1 Å². The van der Waals surface area contributed by atoms with Crippen LogP contribution in [-0.2, 0) is 14.4 Å². The maximum atomic E-state index is 12.1. The number of carbonyl (C=O) groups excluding carboxylic acids is 1. The first-order valence-corrected chi connectivity index (χ1v) is 9.41. The number of H-pyrrole nitrogens is 1. The van der Waals surface area contributed by atoms with Gasteiger partial charge in [0.2, 0.25) is 5.91 Å².